The first kappa shape index (κ1) is 13.0. The van der Waals surface area contributed by atoms with Gasteiger partial charge in [0.1, 0.15) is 5.82 Å². The number of ketones is 1. The summed E-state index contributed by atoms with van der Waals surface area (Å²) in [5, 5.41) is 0. The average molecular weight is 249 g/mol. The molecule has 1 aliphatic heterocycles. The summed E-state index contributed by atoms with van der Waals surface area (Å²) < 4.78 is 5.28. The third-order valence-electron chi connectivity index (χ3n) is 3.09. The molecule has 0 aromatic carbocycles. The highest BCUT2D eigenvalue weighted by Gasteiger charge is 2.11. The Kier molecular flexibility index (Phi) is 4.66. The Balaban J connectivity index is 1.72. The van der Waals surface area contributed by atoms with E-state index in [9.17, 15) is 4.79 Å². The highest BCUT2D eigenvalue weighted by Crippen LogP contribution is 2.07. The number of carbonyl (C=O) groups is 1. The molecule has 1 fully saturated rings. The van der Waals surface area contributed by atoms with Crippen LogP contribution in [0.4, 0.5) is 5.82 Å². The summed E-state index contributed by atoms with van der Waals surface area (Å²) in [6.45, 7) is 4.50. The summed E-state index contributed by atoms with van der Waals surface area (Å²) in [6, 6.07) is 3.40. The minimum Gasteiger partial charge on any atom is -0.384 e. The standard InChI is InChI=1S/C13H19N3O2/c14-13-4-3-11(10-15-13)12(17)2-1-5-16-6-8-18-9-7-16/h3-4,10H,1-2,5-9H2,(H2,14,15). The molecule has 0 radical (unpaired) electrons. The van der Waals surface area contributed by atoms with Gasteiger partial charge >= 0.3 is 0 Å². The number of rotatable bonds is 5. The highest BCUT2D eigenvalue weighted by molar-refractivity contribution is 5.95. The number of Topliss-reactive ketones (excluding diaryl/α,β-unsaturated/α-hetero) is 1. The first-order chi connectivity index (χ1) is 8.75. The van der Waals surface area contributed by atoms with Crippen molar-refractivity contribution in [1.29, 1.82) is 0 Å². The molecule has 5 nitrogen and oxygen atoms in total. The lowest BCUT2D eigenvalue weighted by molar-refractivity contribution is 0.0371. The molecule has 2 heterocycles. The molecule has 1 aliphatic rings. The van der Waals surface area contributed by atoms with Gasteiger partial charge in [-0.3, -0.25) is 9.69 Å². The normalized spacial score (nSPS) is 16.7. The number of nitrogens with two attached hydrogens (primary N) is 1. The Morgan fingerprint density at radius 1 is 1.39 bits per heavy atom. The van der Waals surface area contributed by atoms with Crippen LogP contribution in [0.2, 0.25) is 0 Å². The largest absolute Gasteiger partial charge is 0.384 e. The minimum absolute atomic E-state index is 0.135. The molecule has 0 atom stereocenters. The quantitative estimate of drug-likeness (QED) is 0.787. The van der Waals surface area contributed by atoms with E-state index in [1.165, 1.54) is 0 Å². The van der Waals surface area contributed by atoms with E-state index in [-0.39, 0.29) is 5.78 Å². The Morgan fingerprint density at radius 3 is 2.83 bits per heavy atom. The lowest BCUT2D eigenvalue weighted by Crippen LogP contribution is -2.36. The molecule has 1 saturated heterocycles. The Labute approximate surface area is 107 Å². The SMILES string of the molecule is Nc1ccc(C(=O)CCCN2CCOCC2)cn1. The van der Waals surface area contributed by atoms with Gasteiger partial charge in [0, 0.05) is 31.3 Å². The van der Waals surface area contributed by atoms with Crippen LogP contribution >= 0.6 is 0 Å². The van der Waals surface area contributed by atoms with Crippen LogP contribution in [0.5, 0.6) is 0 Å². The molecule has 0 spiro atoms. The zero-order chi connectivity index (χ0) is 12.8. The number of carbonyl (C=O) groups excluding carboxylic acids is 1. The first-order valence-electron chi connectivity index (χ1n) is 6.30. The van der Waals surface area contributed by atoms with Gasteiger partial charge in [0.25, 0.3) is 0 Å². The van der Waals surface area contributed by atoms with Crippen LogP contribution < -0.4 is 5.73 Å². The number of nitrogen functional groups attached to an aromatic ring is 1. The molecule has 0 unspecified atom stereocenters. The number of anilines is 1. The maximum Gasteiger partial charge on any atom is 0.164 e. The average Bonchev–Trinajstić information content (AvgIpc) is 2.40. The Hall–Kier alpha value is -1.46. The van der Waals surface area contributed by atoms with Gasteiger partial charge in [-0.2, -0.15) is 0 Å². The second-order valence-corrected chi connectivity index (χ2v) is 4.45. The lowest BCUT2D eigenvalue weighted by Gasteiger charge is -2.26. The van der Waals surface area contributed by atoms with Crippen molar-refractivity contribution in [3.05, 3.63) is 23.9 Å². The van der Waals surface area contributed by atoms with Crippen molar-refractivity contribution < 1.29 is 9.53 Å². The van der Waals surface area contributed by atoms with Gasteiger partial charge in [-0.05, 0) is 25.1 Å². The second-order valence-electron chi connectivity index (χ2n) is 4.45. The van der Waals surface area contributed by atoms with Crippen LogP contribution in [0.1, 0.15) is 23.2 Å². The van der Waals surface area contributed by atoms with Crippen molar-refractivity contribution in [2.75, 3.05) is 38.6 Å². The van der Waals surface area contributed by atoms with Crippen LogP contribution in [0, 0.1) is 0 Å². The minimum atomic E-state index is 0.135. The predicted molar refractivity (Wildman–Crippen MR) is 69.5 cm³/mol. The first-order valence-corrected chi connectivity index (χ1v) is 6.30. The smallest absolute Gasteiger partial charge is 0.164 e. The van der Waals surface area contributed by atoms with E-state index in [2.05, 4.69) is 9.88 Å². The molecule has 98 valence electrons. The summed E-state index contributed by atoms with van der Waals surface area (Å²) in [5.41, 5.74) is 6.13. The van der Waals surface area contributed by atoms with E-state index in [0.717, 1.165) is 39.3 Å². The Bertz CT molecular complexity index is 386. The molecular weight excluding hydrogens is 230 g/mol. The van der Waals surface area contributed by atoms with Gasteiger partial charge in [-0.25, -0.2) is 4.98 Å². The molecule has 0 amide bonds. The molecule has 2 N–H and O–H groups in total. The lowest BCUT2D eigenvalue weighted by atomic mass is 10.1. The molecule has 0 aliphatic carbocycles. The zero-order valence-corrected chi connectivity index (χ0v) is 10.5. The van der Waals surface area contributed by atoms with Crippen LogP contribution in [-0.4, -0.2) is 48.5 Å². The third-order valence-corrected chi connectivity index (χ3v) is 3.09. The summed E-state index contributed by atoms with van der Waals surface area (Å²) in [7, 11) is 0. The van der Waals surface area contributed by atoms with E-state index >= 15 is 0 Å². The molecule has 0 saturated carbocycles. The van der Waals surface area contributed by atoms with Crippen LogP contribution in [-0.2, 0) is 4.74 Å². The van der Waals surface area contributed by atoms with Crippen molar-refractivity contribution in [2.45, 2.75) is 12.8 Å². The highest BCUT2D eigenvalue weighted by atomic mass is 16.5. The van der Waals surface area contributed by atoms with Gasteiger partial charge in [0.2, 0.25) is 0 Å². The van der Waals surface area contributed by atoms with E-state index in [1.807, 2.05) is 0 Å². The number of hydrogen-bond donors (Lipinski definition) is 1. The van der Waals surface area contributed by atoms with Crippen molar-refractivity contribution in [3.63, 3.8) is 0 Å². The molecule has 5 heteroatoms. The molecule has 2 rings (SSSR count). The van der Waals surface area contributed by atoms with Crippen molar-refractivity contribution >= 4 is 11.6 Å². The van der Waals surface area contributed by atoms with Crippen molar-refractivity contribution in [1.82, 2.24) is 9.88 Å². The summed E-state index contributed by atoms with van der Waals surface area (Å²) in [5.74, 6) is 0.579. The number of pyridine rings is 1. The topological polar surface area (TPSA) is 68.5 Å². The second kappa shape index (κ2) is 6.47. The fourth-order valence-electron chi connectivity index (χ4n) is 2.00. The van der Waals surface area contributed by atoms with Gasteiger partial charge in [-0.1, -0.05) is 0 Å². The van der Waals surface area contributed by atoms with Gasteiger partial charge in [-0.15, -0.1) is 0 Å². The molecule has 1 aromatic rings. The molecule has 1 aromatic heterocycles. The number of morpholine rings is 1. The maximum atomic E-state index is 11.9. The van der Waals surface area contributed by atoms with Gasteiger partial charge in [0.15, 0.2) is 5.78 Å². The fourth-order valence-corrected chi connectivity index (χ4v) is 2.00. The summed E-state index contributed by atoms with van der Waals surface area (Å²) in [6.07, 6.45) is 2.98. The number of hydrogen-bond acceptors (Lipinski definition) is 5. The van der Waals surface area contributed by atoms with E-state index < -0.39 is 0 Å². The Morgan fingerprint density at radius 2 is 2.17 bits per heavy atom. The number of ether oxygens (including phenoxy) is 1. The van der Waals surface area contributed by atoms with Crippen LogP contribution in [0.3, 0.4) is 0 Å². The summed E-state index contributed by atoms with van der Waals surface area (Å²) in [4.78, 5) is 18.1. The van der Waals surface area contributed by atoms with Gasteiger partial charge in [0.05, 0.1) is 13.2 Å². The number of nitrogens with zero attached hydrogens (tertiary/aromatic N) is 2. The number of aromatic nitrogens is 1. The molecule has 18 heavy (non-hydrogen) atoms. The van der Waals surface area contributed by atoms with Crippen LogP contribution in [0.25, 0.3) is 0 Å². The van der Waals surface area contributed by atoms with E-state index in [1.54, 1.807) is 18.3 Å². The van der Waals surface area contributed by atoms with E-state index in [0.29, 0.717) is 17.8 Å². The third kappa shape index (κ3) is 3.78. The molecular formula is C13H19N3O2. The van der Waals surface area contributed by atoms with Crippen molar-refractivity contribution in [2.24, 2.45) is 0 Å². The van der Waals surface area contributed by atoms with E-state index in [4.69, 9.17) is 10.5 Å². The van der Waals surface area contributed by atoms with Crippen molar-refractivity contribution in [3.8, 4) is 0 Å². The maximum absolute atomic E-state index is 11.9. The monoisotopic (exact) mass is 249 g/mol. The molecule has 0 bridgehead atoms. The summed E-state index contributed by atoms with van der Waals surface area (Å²) >= 11 is 0. The predicted octanol–water partition coefficient (Wildman–Crippen LogP) is 0.959. The fraction of sp³-hybridized carbons (Fsp3) is 0.538. The van der Waals surface area contributed by atoms with Crippen LogP contribution in [0.15, 0.2) is 18.3 Å². The van der Waals surface area contributed by atoms with Gasteiger partial charge < -0.3 is 10.5 Å². The zero-order valence-electron chi connectivity index (χ0n) is 10.5.